The minimum absolute atomic E-state index is 0.229. The number of ether oxygens (including phenoxy) is 1. The summed E-state index contributed by atoms with van der Waals surface area (Å²) in [6.07, 6.45) is 2.40. The molecule has 0 aliphatic heterocycles. The Morgan fingerprint density at radius 3 is 2.93 bits per heavy atom. The van der Waals surface area contributed by atoms with Crippen LogP contribution in [0.25, 0.3) is 11.0 Å². The van der Waals surface area contributed by atoms with E-state index in [9.17, 15) is 0 Å². The molecular formula is C11H14N2O2. The van der Waals surface area contributed by atoms with Crippen molar-refractivity contribution in [1.82, 2.24) is 10.3 Å². The quantitative estimate of drug-likeness (QED) is 0.771. The summed E-state index contributed by atoms with van der Waals surface area (Å²) in [4.78, 5) is 0. The molecule has 0 amide bonds. The van der Waals surface area contributed by atoms with Gasteiger partial charge in [0.2, 0.25) is 0 Å². The Balaban J connectivity index is 2.14. The molecule has 1 aromatic carbocycles. The van der Waals surface area contributed by atoms with Crippen molar-refractivity contribution in [3.05, 3.63) is 18.2 Å². The van der Waals surface area contributed by atoms with E-state index in [1.54, 1.807) is 0 Å². The van der Waals surface area contributed by atoms with E-state index in [0.717, 1.165) is 29.6 Å². The van der Waals surface area contributed by atoms with Crippen LogP contribution in [0.5, 0.6) is 5.75 Å². The molecule has 0 radical (unpaired) electrons. The highest BCUT2D eigenvalue weighted by atomic mass is 16.6. The van der Waals surface area contributed by atoms with Crippen molar-refractivity contribution in [3.63, 3.8) is 0 Å². The first kappa shape index (κ1) is 9.96. The SMILES string of the molecule is CCCC(C)Oc1ccc2nonc2c1. The van der Waals surface area contributed by atoms with Gasteiger partial charge in [0.1, 0.15) is 16.8 Å². The van der Waals surface area contributed by atoms with Gasteiger partial charge in [0.05, 0.1) is 6.10 Å². The van der Waals surface area contributed by atoms with Crippen molar-refractivity contribution in [2.75, 3.05) is 0 Å². The van der Waals surface area contributed by atoms with Crippen LogP contribution in [-0.2, 0) is 0 Å². The maximum atomic E-state index is 5.72. The Hall–Kier alpha value is -1.58. The van der Waals surface area contributed by atoms with Crippen LogP contribution in [-0.4, -0.2) is 16.4 Å². The summed E-state index contributed by atoms with van der Waals surface area (Å²) in [5.74, 6) is 0.819. The zero-order valence-corrected chi connectivity index (χ0v) is 8.93. The fraction of sp³-hybridized carbons (Fsp3) is 0.455. The Bertz CT molecular complexity index is 439. The van der Waals surface area contributed by atoms with Crippen LogP contribution in [0.15, 0.2) is 22.8 Å². The predicted octanol–water partition coefficient (Wildman–Crippen LogP) is 2.79. The summed E-state index contributed by atoms with van der Waals surface area (Å²) in [5, 5.41) is 7.50. The average Bonchev–Trinajstić information content (AvgIpc) is 2.65. The molecule has 1 unspecified atom stereocenters. The van der Waals surface area contributed by atoms with Gasteiger partial charge in [-0.25, -0.2) is 4.63 Å². The summed E-state index contributed by atoms with van der Waals surface area (Å²) in [6.45, 7) is 4.21. The van der Waals surface area contributed by atoms with Gasteiger partial charge >= 0.3 is 0 Å². The molecule has 1 atom stereocenters. The fourth-order valence-corrected chi connectivity index (χ4v) is 1.53. The van der Waals surface area contributed by atoms with Gasteiger partial charge in [0.25, 0.3) is 0 Å². The number of benzene rings is 1. The first-order valence-electron chi connectivity index (χ1n) is 5.18. The Morgan fingerprint density at radius 1 is 1.33 bits per heavy atom. The van der Waals surface area contributed by atoms with E-state index in [4.69, 9.17) is 4.74 Å². The summed E-state index contributed by atoms with van der Waals surface area (Å²) >= 11 is 0. The average molecular weight is 206 g/mol. The molecule has 2 rings (SSSR count). The monoisotopic (exact) mass is 206 g/mol. The molecule has 0 bridgehead atoms. The zero-order chi connectivity index (χ0) is 10.7. The van der Waals surface area contributed by atoms with Crippen LogP contribution in [0.2, 0.25) is 0 Å². The second-order valence-electron chi connectivity index (χ2n) is 3.63. The van der Waals surface area contributed by atoms with Crippen LogP contribution in [0.4, 0.5) is 0 Å². The van der Waals surface area contributed by atoms with E-state index < -0.39 is 0 Å². The van der Waals surface area contributed by atoms with Crippen molar-refractivity contribution >= 4 is 11.0 Å². The smallest absolute Gasteiger partial charge is 0.138 e. The molecule has 0 fully saturated rings. The van der Waals surface area contributed by atoms with Gasteiger partial charge in [-0.15, -0.1) is 0 Å². The number of hydrogen-bond donors (Lipinski definition) is 0. The van der Waals surface area contributed by atoms with Gasteiger partial charge in [-0.2, -0.15) is 0 Å². The van der Waals surface area contributed by atoms with Crippen molar-refractivity contribution in [1.29, 1.82) is 0 Å². The number of nitrogens with zero attached hydrogens (tertiary/aromatic N) is 2. The first-order valence-corrected chi connectivity index (χ1v) is 5.18. The molecule has 0 aliphatic carbocycles. The third-order valence-electron chi connectivity index (χ3n) is 2.26. The minimum Gasteiger partial charge on any atom is -0.491 e. The van der Waals surface area contributed by atoms with Gasteiger partial charge in [0.15, 0.2) is 0 Å². The zero-order valence-electron chi connectivity index (χ0n) is 8.93. The van der Waals surface area contributed by atoms with E-state index in [1.807, 2.05) is 18.2 Å². The lowest BCUT2D eigenvalue weighted by Gasteiger charge is -2.13. The highest BCUT2D eigenvalue weighted by molar-refractivity contribution is 5.74. The number of aromatic nitrogens is 2. The molecule has 1 heterocycles. The van der Waals surface area contributed by atoms with Crippen molar-refractivity contribution in [2.45, 2.75) is 32.8 Å². The molecular weight excluding hydrogens is 192 g/mol. The molecule has 15 heavy (non-hydrogen) atoms. The lowest BCUT2D eigenvalue weighted by Crippen LogP contribution is -2.10. The van der Waals surface area contributed by atoms with Gasteiger partial charge < -0.3 is 4.74 Å². The molecule has 4 heteroatoms. The Morgan fingerprint density at radius 2 is 2.13 bits per heavy atom. The predicted molar refractivity (Wildman–Crippen MR) is 56.8 cm³/mol. The van der Waals surface area contributed by atoms with E-state index in [0.29, 0.717) is 0 Å². The third-order valence-corrected chi connectivity index (χ3v) is 2.26. The third kappa shape index (κ3) is 2.26. The summed E-state index contributed by atoms with van der Waals surface area (Å²) < 4.78 is 10.3. The van der Waals surface area contributed by atoms with Crippen LogP contribution in [0, 0.1) is 0 Å². The largest absolute Gasteiger partial charge is 0.491 e. The standard InChI is InChI=1S/C11H14N2O2/c1-3-4-8(2)14-9-5-6-10-11(7-9)13-15-12-10/h5-8H,3-4H2,1-2H3. The van der Waals surface area contributed by atoms with E-state index in [-0.39, 0.29) is 6.10 Å². The second-order valence-corrected chi connectivity index (χ2v) is 3.63. The molecule has 0 aliphatic rings. The maximum Gasteiger partial charge on any atom is 0.138 e. The van der Waals surface area contributed by atoms with Gasteiger partial charge in [0, 0.05) is 6.07 Å². The molecule has 1 aromatic heterocycles. The normalized spacial score (nSPS) is 12.9. The number of rotatable bonds is 4. The lowest BCUT2D eigenvalue weighted by atomic mass is 10.2. The first-order chi connectivity index (χ1) is 7.29. The highest BCUT2D eigenvalue weighted by Gasteiger charge is 2.05. The summed E-state index contributed by atoms with van der Waals surface area (Å²) in [6, 6.07) is 5.58. The van der Waals surface area contributed by atoms with Gasteiger partial charge in [-0.3, -0.25) is 0 Å². The topological polar surface area (TPSA) is 48.2 Å². The van der Waals surface area contributed by atoms with E-state index in [1.165, 1.54) is 0 Å². The highest BCUT2D eigenvalue weighted by Crippen LogP contribution is 2.19. The summed E-state index contributed by atoms with van der Waals surface area (Å²) in [7, 11) is 0. The molecule has 2 aromatic rings. The summed E-state index contributed by atoms with van der Waals surface area (Å²) in [5.41, 5.74) is 1.49. The fourth-order valence-electron chi connectivity index (χ4n) is 1.53. The van der Waals surface area contributed by atoms with Crippen LogP contribution in [0.1, 0.15) is 26.7 Å². The minimum atomic E-state index is 0.229. The molecule has 0 saturated carbocycles. The van der Waals surface area contributed by atoms with Crippen molar-refractivity contribution in [3.8, 4) is 5.75 Å². The molecule has 4 nitrogen and oxygen atoms in total. The van der Waals surface area contributed by atoms with Gasteiger partial charge in [-0.05, 0) is 35.8 Å². The molecule has 0 saturated heterocycles. The maximum absolute atomic E-state index is 5.72. The number of hydrogen-bond acceptors (Lipinski definition) is 4. The van der Waals surface area contributed by atoms with E-state index in [2.05, 4.69) is 28.8 Å². The second kappa shape index (κ2) is 4.29. The van der Waals surface area contributed by atoms with Crippen LogP contribution >= 0.6 is 0 Å². The molecule has 0 spiro atoms. The Labute approximate surface area is 88.2 Å². The lowest BCUT2D eigenvalue weighted by molar-refractivity contribution is 0.210. The van der Waals surface area contributed by atoms with Crippen molar-refractivity contribution < 1.29 is 9.37 Å². The van der Waals surface area contributed by atoms with Crippen molar-refractivity contribution in [2.24, 2.45) is 0 Å². The van der Waals surface area contributed by atoms with E-state index >= 15 is 0 Å². The number of fused-ring (bicyclic) bond motifs is 1. The van der Waals surface area contributed by atoms with Crippen LogP contribution in [0.3, 0.4) is 0 Å². The molecule has 0 N–H and O–H groups in total. The Kier molecular flexibility index (Phi) is 2.85. The van der Waals surface area contributed by atoms with Gasteiger partial charge in [-0.1, -0.05) is 13.3 Å². The molecule has 80 valence electrons. The van der Waals surface area contributed by atoms with Crippen LogP contribution < -0.4 is 4.74 Å².